The van der Waals surface area contributed by atoms with Gasteiger partial charge in [-0.15, -0.1) is 0 Å². The smallest absolute Gasteiger partial charge is 0.268 e. The molecule has 6 heteroatoms. The molecule has 0 radical (unpaired) electrons. The first-order valence-corrected chi connectivity index (χ1v) is 6.93. The Morgan fingerprint density at radius 3 is 2.86 bits per heavy atom. The molecule has 1 amide bonds. The SMILES string of the molecule is CC(c1ccccc1Cl)N(C)Cc1cc(C(=O)NN)co1. The Balaban J connectivity index is 2.07. The summed E-state index contributed by atoms with van der Waals surface area (Å²) >= 11 is 6.21. The predicted octanol–water partition coefficient (Wildman–Crippen LogP) is 2.73. The van der Waals surface area contributed by atoms with Gasteiger partial charge >= 0.3 is 0 Å². The normalized spacial score (nSPS) is 12.4. The molecule has 1 aromatic carbocycles. The zero-order chi connectivity index (χ0) is 15.4. The van der Waals surface area contributed by atoms with Crippen LogP contribution in [0.3, 0.4) is 0 Å². The second kappa shape index (κ2) is 6.76. The lowest BCUT2D eigenvalue weighted by Crippen LogP contribution is -2.29. The zero-order valence-electron chi connectivity index (χ0n) is 12.0. The number of furan rings is 1. The Morgan fingerprint density at radius 1 is 1.48 bits per heavy atom. The van der Waals surface area contributed by atoms with Crippen LogP contribution >= 0.6 is 11.6 Å². The van der Waals surface area contributed by atoms with E-state index >= 15 is 0 Å². The van der Waals surface area contributed by atoms with Crippen molar-refractivity contribution in [2.24, 2.45) is 5.84 Å². The molecule has 1 atom stereocenters. The van der Waals surface area contributed by atoms with E-state index in [2.05, 4.69) is 17.2 Å². The molecule has 0 aliphatic heterocycles. The highest BCUT2D eigenvalue weighted by atomic mass is 35.5. The number of nitrogens with one attached hydrogen (secondary N) is 1. The lowest BCUT2D eigenvalue weighted by molar-refractivity contribution is 0.0953. The average molecular weight is 308 g/mol. The molecule has 2 rings (SSSR count). The fraction of sp³-hybridized carbons (Fsp3) is 0.267. The molecule has 1 heterocycles. The molecular weight excluding hydrogens is 290 g/mol. The van der Waals surface area contributed by atoms with E-state index in [1.807, 2.05) is 31.3 Å². The van der Waals surface area contributed by atoms with Crippen LogP contribution in [0.15, 0.2) is 41.0 Å². The standard InChI is InChI=1S/C15H18ClN3O2/c1-10(13-5-3-4-6-14(13)16)19(2)8-12-7-11(9-21-12)15(20)18-17/h3-7,9-10H,8,17H2,1-2H3,(H,18,20). The number of nitrogens with two attached hydrogens (primary N) is 1. The first kappa shape index (κ1) is 15.6. The number of benzene rings is 1. The third-order valence-corrected chi connectivity index (χ3v) is 3.81. The van der Waals surface area contributed by atoms with Gasteiger partial charge in [-0.1, -0.05) is 29.8 Å². The monoisotopic (exact) mass is 307 g/mol. The van der Waals surface area contributed by atoms with Gasteiger partial charge in [-0.3, -0.25) is 15.1 Å². The largest absolute Gasteiger partial charge is 0.467 e. The lowest BCUT2D eigenvalue weighted by Gasteiger charge is -2.24. The fourth-order valence-electron chi connectivity index (χ4n) is 2.10. The van der Waals surface area contributed by atoms with Crippen LogP contribution in [-0.4, -0.2) is 17.9 Å². The topological polar surface area (TPSA) is 71.5 Å². The maximum Gasteiger partial charge on any atom is 0.268 e. The molecule has 0 fully saturated rings. The molecule has 0 aliphatic rings. The van der Waals surface area contributed by atoms with Crippen molar-refractivity contribution in [3.05, 3.63) is 58.5 Å². The quantitative estimate of drug-likeness (QED) is 0.506. The molecule has 1 aromatic heterocycles. The molecule has 2 aromatic rings. The van der Waals surface area contributed by atoms with Crippen LogP contribution in [-0.2, 0) is 6.54 Å². The van der Waals surface area contributed by atoms with E-state index in [0.717, 1.165) is 10.6 Å². The molecule has 0 aliphatic carbocycles. The maximum atomic E-state index is 11.4. The van der Waals surface area contributed by atoms with Crippen molar-refractivity contribution in [1.29, 1.82) is 0 Å². The Bertz CT molecular complexity index is 627. The number of hydrogen-bond donors (Lipinski definition) is 2. The summed E-state index contributed by atoms with van der Waals surface area (Å²) in [6.45, 7) is 2.63. The summed E-state index contributed by atoms with van der Waals surface area (Å²) in [6, 6.07) is 9.54. The van der Waals surface area contributed by atoms with Gasteiger partial charge in [-0.05, 0) is 31.7 Å². The van der Waals surface area contributed by atoms with E-state index < -0.39 is 0 Å². The lowest BCUT2D eigenvalue weighted by atomic mass is 10.1. The molecule has 21 heavy (non-hydrogen) atoms. The van der Waals surface area contributed by atoms with Gasteiger partial charge in [0.05, 0.1) is 12.1 Å². The van der Waals surface area contributed by atoms with Crippen molar-refractivity contribution in [1.82, 2.24) is 10.3 Å². The molecule has 3 N–H and O–H groups in total. The van der Waals surface area contributed by atoms with E-state index in [1.54, 1.807) is 6.07 Å². The Hall–Kier alpha value is -1.82. The number of hydrazine groups is 1. The van der Waals surface area contributed by atoms with Crippen molar-refractivity contribution in [3.8, 4) is 0 Å². The van der Waals surface area contributed by atoms with Crippen molar-refractivity contribution >= 4 is 17.5 Å². The van der Waals surface area contributed by atoms with E-state index in [1.165, 1.54) is 6.26 Å². The second-order valence-electron chi connectivity index (χ2n) is 4.89. The summed E-state index contributed by atoms with van der Waals surface area (Å²) in [5.74, 6) is 5.41. The van der Waals surface area contributed by atoms with Crippen LogP contribution in [0.2, 0.25) is 5.02 Å². The van der Waals surface area contributed by atoms with Crippen LogP contribution in [0.5, 0.6) is 0 Å². The van der Waals surface area contributed by atoms with Gasteiger partial charge in [0.15, 0.2) is 0 Å². The number of hydrogen-bond acceptors (Lipinski definition) is 4. The van der Waals surface area contributed by atoms with E-state index in [-0.39, 0.29) is 11.9 Å². The van der Waals surface area contributed by atoms with Crippen molar-refractivity contribution in [3.63, 3.8) is 0 Å². The minimum absolute atomic E-state index is 0.121. The van der Waals surface area contributed by atoms with Gasteiger partial charge in [0.2, 0.25) is 0 Å². The predicted molar refractivity (Wildman–Crippen MR) is 81.7 cm³/mol. The number of carbonyl (C=O) groups excluding carboxylic acids is 1. The molecule has 5 nitrogen and oxygen atoms in total. The number of nitrogens with zero attached hydrogens (tertiary/aromatic N) is 1. The number of halogens is 1. The van der Waals surface area contributed by atoms with E-state index in [4.69, 9.17) is 21.9 Å². The molecule has 0 saturated carbocycles. The Labute approximate surface area is 128 Å². The van der Waals surface area contributed by atoms with Gasteiger partial charge < -0.3 is 4.42 Å². The highest BCUT2D eigenvalue weighted by Crippen LogP contribution is 2.27. The van der Waals surface area contributed by atoms with Crippen LogP contribution in [0.25, 0.3) is 0 Å². The van der Waals surface area contributed by atoms with Gasteiger partial charge in [0, 0.05) is 11.1 Å². The van der Waals surface area contributed by atoms with E-state index in [0.29, 0.717) is 17.9 Å². The van der Waals surface area contributed by atoms with Crippen LogP contribution in [0.4, 0.5) is 0 Å². The number of carbonyl (C=O) groups is 1. The van der Waals surface area contributed by atoms with Crippen molar-refractivity contribution in [2.45, 2.75) is 19.5 Å². The van der Waals surface area contributed by atoms with Crippen molar-refractivity contribution < 1.29 is 9.21 Å². The number of amides is 1. The fourth-order valence-corrected chi connectivity index (χ4v) is 2.39. The summed E-state index contributed by atoms with van der Waals surface area (Å²) in [5, 5.41) is 0.736. The third-order valence-electron chi connectivity index (χ3n) is 3.47. The summed E-state index contributed by atoms with van der Waals surface area (Å²) in [5.41, 5.74) is 3.53. The molecule has 112 valence electrons. The third kappa shape index (κ3) is 3.64. The zero-order valence-corrected chi connectivity index (χ0v) is 12.7. The Kier molecular flexibility index (Phi) is 5.01. The Morgan fingerprint density at radius 2 is 2.19 bits per heavy atom. The summed E-state index contributed by atoms with van der Waals surface area (Å²) < 4.78 is 5.38. The average Bonchev–Trinajstić information content (AvgIpc) is 2.94. The molecule has 0 bridgehead atoms. The number of rotatable bonds is 5. The highest BCUT2D eigenvalue weighted by Gasteiger charge is 2.17. The van der Waals surface area contributed by atoms with Gasteiger partial charge in [0.1, 0.15) is 12.0 Å². The van der Waals surface area contributed by atoms with Gasteiger partial charge in [-0.25, -0.2) is 5.84 Å². The maximum absolute atomic E-state index is 11.4. The molecular formula is C15H18ClN3O2. The van der Waals surface area contributed by atoms with Crippen LogP contribution < -0.4 is 11.3 Å². The molecule has 0 spiro atoms. The van der Waals surface area contributed by atoms with E-state index in [9.17, 15) is 4.79 Å². The first-order chi connectivity index (χ1) is 10.0. The molecule has 1 unspecified atom stereocenters. The summed E-state index contributed by atoms with van der Waals surface area (Å²) in [7, 11) is 1.97. The van der Waals surface area contributed by atoms with Crippen LogP contribution in [0.1, 0.15) is 34.6 Å². The number of nitrogen functional groups attached to an aromatic ring is 1. The second-order valence-corrected chi connectivity index (χ2v) is 5.29. The highest BCUT2D eigenvalue weighted by molar-refractivity contribution is 6.31. The van der Waals surface area contributed by atoms with Gasteiger partial charge in [-0.2, -0.15) is 0 Å². The summed E-state index contributed by atoms with van der Waals surface area (Å²) in [4.78, 5) is 13.5. The minimum Gasteiger partial charge on any atom is -0.467 e. The van der Waals surface area contributed by atoms with Crippen molar-refractivity contribution in [2.75, 3.05) is 7.05 Å². The van der Waals surface area contributed by atoms with Crippen LogP contribution in [0, 0.1) is 0 Å². The minimum atomic E-state index is -0.369. The summed E-state index contributed by atoms with van der Waals surface area (Å²) in [6.07, 6.45) is 1.39. The molecule has 0 saturated heterocycles. The van der Waals surface area contributed by atoms with Gasteiger partial charge in [0.25, 0.3) is 5.91 Å². The first-order valence-electron chi connectivity index (χ1n) is 6.56.